The molecule has 1 rings (SSSR count). The Bertz CT molecular complexity index is 462. The van der Waals surface area contributed by atoms with Crippen LogP contribution in [0, 0.1) is 15.4 Å². The van der Waals surface area contributed by atoms with Crippen LogP contribution >= 0.6 is 34.2 Å². The van der Waals surface area contributed by atoms with Crippen molar-refractivity contribution in [1.82, 2.24) is 0 Å². The zero-order valence-electron chi connectivity index (χ0n) is 7.80. The van der Waals surface area contributed by atoms with Crippen LogP contribution in [0.15, 0.2) is 12.1 Å². The number of nitrogens with two attached hydrogens (primary N) is 1. The van der Waals surface area contributed by atoms with Gasteiger partial charge in [-0.05, 0) is 41.6 Å². The third-order valence-electron chi connectivity index (χ3n) is 1.52. The highest BCUT2D eigenvalue weighted by Crippen LogP contribution is 2.29. The summed E-state index contributed by atoms with van der Waals surface area (Å²) in [6.07, 6.45) is -0.868. The van der Waals surface area contributed by atoms with Crippen molar-refractivity contribution in [2.24, 2.45) is 5.73 Å². The Morgan fingerprint density at radius 1 is 1.60 bits per heavy atom. The van der Waals surface area contributed by atoms with E-state index in [2.05, 4.69) is 11.8 Å². The molecule has 2 N–H and O–H groups in total. The highest BCUT2D eigenvalue weighted by Gasteiger charge is 2.11. The van der Waals surface area contributed by atoms with Gasteiger partial charge in [-0.3, -0.25) is 0 Å². The quantitative estimate of drug-likeness (QED) is 0.634. The maximum absolute atomic E-state index is 10.6. The summed E-state index contributed by atoms with van der Waals surface area (Å²) in [7, 11) is 0. The molecule has 0 aliphatic heterocycles. The second-order valence-electron chi connectivity index (χ2n) is 2.53. The number of hydrogen-bond acceptors (Lipinski definition) is 2. The molecule has 5 heteroatoms. The fourth-order valence-electron chi connectivity index (χ4n) is 0.968. The van der Waals surface area contributed by atoms with Gasteiger partial charge >= 0.3 is 6.09 Å². The van der Waals surface area contributed by atoms with Crippen LogP contribution in [0.3, 0.4) is 0 Å². The van der Waals surface area contributed by atoms with E-state index >= 15 is 0 Å². The van der Waals surface area contributed by atoms with Crippen LogP contribution in [0.1, 0.15) is 12.5 Å². The molecule has 1 aromatic rings. The lowest BCUT2D eigenvalue weighted by Crippen LogP contribution is -2.17. The minimum Gasteiger partial charge on any atom is -0.409 e. The molecule has 0 heterocycles. The summed E-state index contributed by atoms with van der Waals surface area (Å²) in [6, 6.07) is 3.19. The Labute approximate surface area is 106 Å². The summed E-state index contributed by atoms with van der Waals surface area (Å²) in [5, 5.41) is 0.560. The average molecular weight is 336 g/mol. The Kier molecular flexibility index (Phi) is 4.24. The van der Waals surface area contributed by atoms with E-state index in [9.17, 15) is 4.79 Å². The molecular weight excluding hydrogens is 328 g/mol. The first-order chi connectivity index (χ1) is 7.06. The Morgan fingerprint density at radius 2 is 2.27 bits per heavy atom. The number of primary amides is 1. The number of rotatable bonds is 1. The number of benzene rings is 1. The van der Waals surface area contributed by atoms with E-state index in [1.54, 1.807) is 19.1 Å². The van der Waals surface area contributed by atoms with E-state index in [1.165, 1.54) is 0 Å². The van der Waals surface area contributed by atoms with Crippen molar-refractivity contribution in [1.29, 1.82) is 0 Å². The molecule has 1 aromatic carbocycles. The lowest BCUT2D eigenvalue weighted by molar-refractivity contribution is 0.210. The largest absolute Gasteiger partial charge is 0.410 e. The maximum Gasteiger partial charge on any atom is 0.410 e. The number of carbonyl (C=O) groups excluding carboxylic acids is 1. The van der Waals surface area contributed by atoms with Gasteiger partial charge in [-0.15, -0.1) is 5.92 Å². The first-order valence-corrected chi connectivity index (χ1v) is 5.40. The first-order valence-electron chi connectivity index (χ1n) is 3.94. The minimum absolute atomic E-state index is 0.325. The standard InChI is InChI=1S/C10H7ClINO2/c1-2-3-6-8(15-10(13)14)5-4-7(11)9(6)12/h4-5H,1H3,(H2,13,14). The molecule has 0 bridgehead atoms. The van der Waals surface area contributed by atoms with Crippen molar-refractivity contribution < 1.29 is 9.53 Å². The Morgan fingerprint density at radius 3 is 2.80 bits per heavy atom. The van der Waals surface area contributed by atoms with Crippen molar-refractivity contribution in [3.63, 3.8) is 0 Å². The van der Waals surface area contributed by atoms with E-state index in [4.69, 9.17) is 22.1 Å². The van der Waals surface area contributed by atoms with Crippen LogP contribution in [-0.2, 0) is 0 Å². The summed E-state index contributed by atoms with van der Waals surface area (Å²) < 4.78 is 5.54. The molecular formula is C10H7ClINO2. The van der Waals surface area contributed by atoms with Crippen LogP contribution in [0.25, 0.3) is 0 Å². The molecule has 0 radical (unpaired) electrons. The van der Waals surface area contributed by atoms with Gasteiger partial charge in [-0.1, -0.05) is 17.5 Å². The predicted molar refractivity (Wildman–Crippen MR) is 66.9 cm³/mol. The van der Waals surface area contributed by atoms with E-state index in [-0.39, 0.29) is 0 Å². The van der Waals surface area contributed by atoms with Crippen molar-refractivity contribution in [3.05, 3.63) is 26.3 Å². The molecule has 0 spiro atoms. The summed E-state index contributed by atoms with van der Waals surface area (Å²) in [5.74, 6) is 5.86. The lowest BCUT2D eigenvalue weighted by atomic mass is 10.2. The van der Waals surface area contributed by atoms with E-state index in [0.29, 0.717) is 16.3 Å². The molecule has 0 saturated carbocycles. The van der Waals surface area contributed by atoms with Gasteiger partial charge in [0, 0.05) is 0 Å². The topological polar surface area (TPSA) is 52.3 Å². The van der Waals surface area contributed by atoms with Crippen LogP contribution in [0.2, 0.25) is 5.02 Å². The van der Waals surface area contributed by atoms with Crippen LogP contribution in [0.4, 0.5) is 4.79 Å². The maximum atomic E-state index is 10.6. The average Bonchev–Trinajstić information content (AvgIpc) is 2.17. The molecule has 0 fully saturated rings. The third kappa shape index (κ3) is 3.01. The zero-order chi connectivity index (χ0) is 11.4. The first kappa shape index (κ1) is 12.1. The van der Waals surface area contributed by atoms with Crippen LogP contribution < -0.4 is 10.5 Å². The highest BCUT2D eigenvalue weighted by atomic mass is 127. The number of carbonyl (C=O) groups is 1. The molecule has 78 valence electrons. The highest BCUT2D eigenvalue weighted by molar-refractivity contribution is 14.1. The van der Waals surface area contributed by atoms with Crippen molar-refractivity contribution >= 4 is 40.3 Å². The van der Waals surface area contributed by atoms with Gasteiger partial charge in [-0.25, -0.2) is 4.79 Å². The molecule has 0 unspecified atom stereocenters. The molecule has 15 heavy (non-hydrogen) atoms. The predicted octanol–water partition coefficient (Wildman–Crippen LogP) is 2.77. The third-order valence-corrected chi connectivity index (χ3v) is 3.27. The van der Waals surface area contributed by atoms with Gasteiger partial charge in [0.25, 0.3) is 0 Å². The van der Waals surface area contributed by atoms with E-state index in [0.717, 1.165) is 3.57 Å². The minimum atomic E-state index is -0.868. The molecule has 0 aromatic heterocycles. The summed E-state index contributed by atoms with van der Waals surface area (Å²) >= 11 is 7.95. The molecule has 3 nitrogen and oxygen atoms in total. The number of halogens is 2. The number of ether oxygens (including phenoxy) is 1. The fraction of sp³-hybridized carbons (Fsp3) is 0.100. The van der Waals surface area contributed by atoms with Crippen molar-refractivity contribution in [2.45, 2.75) is 6.92 Å². The van der Waals surface area contributed by atoms with Crippen LogP contribution in [0.5, 0.6) is 5.75 Å². The summed E-state index contributed by atoms with van der Waals surface area (Å²) in [6.45, 7) is 1.69. The Balaban J connectivity index is 3.30. The van der Waals surface area contributed by atoms with Crippen LogP contribution in [-0.4, -0.2) is 6.09 Å². The molecule has 0 saturated heterocycles. The van der Waals surface area contributed by atoms with E-state index < -0.39 is 6.09 Å². The van der Waals surface area contributed by atoms with E-state index in [1.807, 2.05) is 22.6 Å². The smallest absolute Gasteiger partial charge is 0.409 e. The van der Waals surface area contributed by atoms with Gasteiger partial charge in [0.15, 0.2) is 0 Å². The lowest BCUT2D eigenvalue weighted by Gasteiger charge is -2.06. The number of hydrogen-bond donors (Lipinski definition) is 1. The second kappa shape index (κ2) is 5.24. The Hall–Kier alpha value is -0.930. The fourth-order valence-corrected chi connectivity index (χ4v) is 1.71. The van der Waals surface area contributed by atoms with Gasteiger partial charge < -0.3 is 10.5 Å². The summed E-state index contributed by atoms with van der Waals surface area (Å²) in [4.78, 5) is 10.6. The SMILES string of the molecule is CC#Cc1c(OC(N)=O)ccc(Cl)c1I. The van der Waals surface area contributed by atoms with Gasteiger partial charge in [0.1, 0.15) is 5.75 Å². The molecule has 1 amide bonds. The molecule has 0 aliphatic carbocycles. The van der Waals surface area contributed by atoms with Gasteiger partial charge in [0.2, 0.25) is 0 Å². The molecule has 0 atom stereocenters. The monoisotopic (exact) mass is 335 g/mol. The zero-order valence-corrected chi connectivity index (χ0v) is 10.7. The van der Waals surface area contributed by atoms with Crippen molar-refractivity contribution in [2.75, 3.05) is 0 Å². The number of amides is 1. The van der Waals surface area contributed by atoms with Crippen molar-refractivity contribution in [3.8, 4) is 17.6 Å². The van der Waals surface area contributed by atoms with Gasteiger partial charge in [-0.2, -0.15) is 0 Å². The second-order valence-corrected chi connectivity index (χ2v) is 4.02. The van der Waals surface area contributed by atoms with Gasteiger partial charge in [0.05, 0.1) is 14.2 Å². The normalized spacial score (nSPS) is 9.00. The molecule has 0 aliphatic rings. The summed E-state index contributed by atoms with van der Waals surface area (Å²) in [5.41, 5.74) is 5.51.